The molecule has 0 N–H and O–H groups in total. The third-order valence-electron chi connectivity index (χ3n) is 5.60. The highest BCUT2D eigenvalue weighted by atomic mass is 16.7. The zero-order valence-electron chi connectivity index (χ0n) is 18.4. The van der Waals surface area contributed by atoms with E-state index in [1.807, 2.05) is 0 Å². The SMILES string of the molecule is COCCOCCOCC1OCC(COCCOCCOC(=O)C2CC3C=CC2C3)O1. The molecule has 1 heterocycles. The molecule has 3 aliphatic rings. The lowest BCUT2D eigenvalue weighted by molar-refractivity contribution is -0.151. The normalized spacial score (nSPS) is 29.1. The maximum absolute atomic E-state index is 12.1. The molecule has 1 saturated carbocycles. The van der Waals surface area contributed by atoms with Crippen LogP contribution in [-0.2, 0) is 42.7 Å². The monoisotopic (exact) mass is 444 g/mol. The number of rotatable bonds is 17. The number of esters is 1. The molecule has 3 rings (SSSR count). The van der Waals surface area contributed by atoms with E-state index in [1.165, 1.54) is 0 Å². The summed E-state index contributed by atoms with van der Waals surface area (Å²) in [5, 5.41) is 0. The zero-order chi connectivity index (χ0) is 21.7. The molecule has 2 aliphatic carbocycles. The van der Waals surface area contributed by atoms with Gasteiger partial charge < -0.3 is 37.9 Å². The van der Waals surface area contributed by atoms with E-state index < -0.39 is 0 Å². The molecule has 0 spiro atoms. The van der Waals surface area contributed by atoms with Gasteiger partial charge in [-0.25, -0.2) is 0 Å². The molecular formula is C22H36O9. The highest BCUT2D eigenvalue weighted by Gasteiger charge is 2.40. The van der Waals surface area contributed by atoms with Gasteiger partial charge >= 0.3 is 5.97 Å². The molecule has 2 fully saturated rings. The van der Waals surface area contributed by atoms with Crippen LogP contribution in [0.25, 0.3) is 0 Å². The molecule has 5 unspecified atom stereocenters. The van der Waals surface area contributed by atoms with E-state index in [2.05, 4.69) is 12.2 Å². The summed E-state index contributed by atoms with van der Waals surface area (Å²) in [7, 11) is 1.64. The van der Waals surface area contributed by atoms with Gasteiger partial charge in [0.2, 0.25) is 0 Å². The van der Waals surface area contributed by atoms with Crippen molar-refractivity contribution in [2.45, 2.75) is 25.2 Å². The lowest BCUT2D eigenvalue weighted by Crippen LogP contribution is -2.24. The summed E-state index contributed by atoms with van der Waals surface area (Å²) in [6, 6.07) is 0. The van der Waals surface area contributed by atoms with Crippen molar-refractivity contribution in [2.24, 2.45) is 17.8 Å². The van der Waals surface area contributed by atoms with Crippen molar-refractivity contribution < 1.29 is 42.7 Å². The van der Waals surface area contributed by atoms with E-state index in [4.69, 9.17) is 37.9 Å². The summed E-state index contributed by atoms with van der Waals surface area (Å²) >= 11 is 0. The Balaban J connectivity index is 1.08. The minimum atomic E-state index is -0.371. The molecule has 0 aromatic carbocycles. The summed E-state index contributed by atoms with van der Waals surface area (Å²) in [6.45, 7) is 4.98. The van der Waals surface area contributed by atoms with Crippen LogP contribution in [0.5, 0.6) is 0 Å². The van der Waals surface area contributed by atoms with Crippen molar-refractivity contribution in [3.63, 3.8) is 0 Å². The van der Waals surface area contributed by atoms with Gasteiger partial charge in [-0.15, -0.1) is 0 Å². The lowest BCUT2D eigenvalue weighted by Gasteiger charge is -2.16. The third kappa shape index (κ3) is 8.76. The molecule has 0 amide bonds. The van der Waals surface area contributed by atoms with E-state index in [0.717, 1.165) is 12.8 Å². The van der Waals surface area contributed by atoms with Crippen LogP contribution in [0.2, 0.25) is 0 Å². The second-order valence-electron chi connectivity index (χ2n) is 7.94. The Morgan fingerprint density at radius 2 is 1.58 bits per heavy atom. The molecule has 31 heavy (non-hydrogen) atoms. The van der Waals surface area contributed by atoms with Crippen LogP contribution < -0.4 is 0 Å². The Morgan fingerprint density at radius 1 is 0.871 bits per heavy atom. The second-order valence-corrected chi connectivity index (χ2v) is 7.94. The molecular weight excluding hydrogens is 408 g/mol. The fourth-order valence-electron chi connectivity index (χ4n) is 4.02. The van der Waals surface area contributed by atoms with Crippen LogP contribution in [0.3, 0.4) is 0 Å². The highest BCUT2D eigenvalue weighted by molar-refractivity contribution is 5.74. The molecule has 1 aliphatic heterocycles. The predicted molar refractivity (Wildman–Crippen MR) is 110 cm³/mol. The predicted octanol–water partition coefficient (Wildman–Crippen LogP) is 1.20. The summed E-state index contributed by atoms with van der Waals surface area (Å²) in [5.41, 5.74) is 0. The van der Waals surface area contributed by atoms with Crippen molar-refractivity contribution in [3.8, 4) is 0 Å². The van der Waals surface area contributed by atoms with Crippen molar-refractivity contribution >= 4 is 5.97 Å². The molecule has 9 heteroatoms. The van der Waals surface area contributed by atoms with Gasteiger partial charge in [-0.3, -0.25) is 4.79 Å². The second kappa shape index (κ2) is 14.2. The number of carbonyl (C=O) groups is 1. The largest absolute Gasteiger partial charge is 0.463 e. The number of allylic oxidation sites excluding steroid dienone is 2. The number of ether oxygens (including phenoxy) is 8. The summed E-state index contributed by atoms with van der Waals surface area (Å²) in [4.78, 5) is 12.1. The van der Waals surface area contributed by atoms with E-state index in [0.29, 0.717) is 77.9 Å². The fraction of sp³-hybridized carbons (Fsp3) is 0.864. The first-order valence-corrected chi connectivity index (χ1v) is 11.2. The van der Waals surface area contributed by atoms with Crippen LogP contribution in [0, 0.1) is 17.8 Å². The van der Waals surface area contributed by atoms with E-state index in [-0.39, 0.29) is 30.9 Å². The van der Waals surface area contributed by atoms with Gasteiger partial charge in [0.25, 0.3) is 0 Å². The maximum Gasteiger partial charge on any atom is 0.309 e. The van der Waals surface area contributed by atoms with Crippen LogP contribution in [0.1, 0.15) is 12.8 Å². The van der Waals surface area contributed by atoms with E-state index >= 15 is 0 Å². The molecule has 2 bridgehead atoms. The Morgan fingerprint density at radius 3 is 2.29 bits per heavy atom. The molecule has 9 nitrogen and oxygen atoms in total. The lowest BCUT2D eigenvalue weighted by atomic mass is 9.94. The molecule has 0 aromatic rings. The van der Waals surface area contributed by atoms with Gasteiger partial charge in [-0.05, 0) is 24.7 Å². The summed E-state index contributed by atoms with van der Waals surface area (Å²) < 4.78 is 43.3. The van der Waals surface area contributed by atoms with Gasteiger partial charge in [-0.2, -0.15) is 0 Å². The molecule has 5 atom stereocenters. The van der Waals surface area contributed by atoms with Gasteiger partial charge in [0.1, 0.15) is 12.7 Å². The fourth-order valence-corrected chi connectivity index (χ4v) is 4.02. The Hall–Kier alpha value is -1.07. The number of methoxy groups -OCH3 is 1. The minimum Gasteiger partial charge on any atom is -0.463 e. The first kappa shape index (κ1) is 24.6. The van der Waals surface area contributed by atoms with Crippen molar-refractivity contribution in [1.29, 1.82) is 0 Å². The van der Waals surface area contributed by atoms with Crippen molar-refractivity contribution in [2.75, 3.05) is 79.8 Å². The standard InChI is InChI=1S/C22H36O9/c1-24-4-5-25-7-9-28-16-21-30-15-19(31-21)14-27-8-6-26-10-11-29-22(23)20-13-17-2-3-18(20)12-17/h2-3,17-21H,4-16H2,1H3. The summed E-state index contributed by atoms with van der Waals surface area (Å²) in [6.07, 6.45) is 5.92. The van der Waals surface area contributed by atoms with E-state index in [9.17, 15) is 4.79 Å². The van der Waals surface area contributed by atoms with Gasteiger partial charge in [0.05, 0.1) is 72.0 Å². The average Bonchev–Trinajstić information content (AvgIpc) is 3.52. The highest BCUT2D eigenvalue weighted by Crippen LogP contribution is 2.43. The first-order valence-electron chi connectivity index (χ1n) is 11.2. The number of fused-ring (bicyclic) bond motifs is 2. The van der Waals surface area contributed by atoms with Crippen LogP contribution in [-0.4, -0.2) is 98.1 Å². The van der Waals surface area contributed by atoms with Crippen molar-refractivity contribution in [1.82, 2.24) is 0 Å². The van der Waals surface area contributed by atoms with Gasteiger partial charge in [-0.1, -0.05) is 12.2 Å². The average molecular weight is 445 g/mol. The van der Waals surface area contributed by atoms with Gasteiger partial charge in [0, 0.05) is 7.11 Å². The first-order chi connectivity index (χ1) is 15.3. The van der Waals surface area contributed by atoms with Crippen molar-refractivity contribution in [3.05, 3.63) is 12.2 Å². The Kier molecular flexibility index (Phi) is 11.2. The molecule has 1 saturated heterocycles. The zero-order valence-corrected chi connectivity index (χ0v) is 18.4. The number of carbonyl (C=O) groups excluding carboxylic acids is 1. The molecule has 0 radical (unpaired) electrons. The van der Waals surface area contributed by atoms with Crippen LogP contribution in [0.15, 0.2) is 12.2 Å². The number of hydrogen-bond acceptors (Lipinski definition) is 9. The maximum atomic E-state index is 12.1. The topological polar surface area (TPSA) is 90.9 Å². The third-order valence-corrected chi connectivity index (χ3v) is 5.60. The smallest absolute Gasteiger partial charge is 0.309 e. The quantitative estimate of drug-likeness (QED) is 0.186. The summed E-state index contributed by atoms with van der Waals surface area (Å²) in [5.74, 6) is 0.890. The minimum absolute atomic E-state index is 0.0374. The van der Waals surface area contributed by atoms with Crippen LogP contribution >= 0.6 is 0 Å². The molecule has 0 aromatic heterocycles. The van der Waals surface area contributed by atoms with Crippen LogP contribution in [0.4, 0.5) is 0 Å². The Bertz CT molecular complexity index is 541. The number of hydrogen-bond donors (Lipinski definition) is 0. The Labute approximate surface area is 184 Å². The van der Waals surface area contributed by atoms with Gasteiger partial charge in [0.15, 0.2) is 6.29 Å². The molecule has 178 valence electrons. The van der Waals surface area contributed by atoms with E-state index in [1.54, 1.807) is 7.11 Å².